The Labute approximate surface area is 153 Å². The number of aromatic nitrogens is 1. The zero-order valence-electron chi connectivity index (χ0n) is 15.0. The van der Waals surface area contributed by atoms with Crippen molar-refractivity contribution in [1.29, 1.82) is 0 Å². The van der Waals surface area contributed by atoms with E-state index in [0.717, 1.165) is 6.42 Å². The second-order valence-corrected chi connectivity index (χ2v) is 7.59. The highest BCUT2D eigenvalue weighted by molar-refractivity contribution is 7.92. The van der Waals surface area contributed by atoms with Gasteiger partial charge in [-0.15, -0.1) is 0 Å². The number of hydrogen-bond donors (Lipinski definition) is 2. The summed E-state index contributed by atoms with van der Waals surface area (Å²) in [6, 6.07) is 7.60. The van der Waals surface area contributed by atoms with Crippen molar-refractivity contribution < 1.29 is 17.9 Å². The lowest BCUT2D eigenvalue weighted by Crippen LogP contribution is -2.30. The molecule has 0 aliphatic rings. The monoisotopic (exact) mass is 377 g/mol. The number of benzene rings is 1. The van der Waals surface area contributed by atoms with Crippen LogP contribution < -0.4 is 14.8 Å². The largest absolute Gasteiger partial charge is 0.495 e. The average molecular weight is 377 g/mol. The molecule has 2 N–H and O–H groups in total. The van der Waals surface area contributed by atoms with Gasteiger partial charge in [0.1, 0.15) is 10.6 Å². The summed E-state index contributed by atoms with van der Waals surface area (Å²) in [7, 11) is -2.50. The number of sulfonamides is 1. The highest BCUT2D eigenvalue weighted by Gasteiger charge is 2.22. The number of carbonyl (C=O) groups is 1. The van der Waals surface area contributed by atoms with E-state index in [-0.39, 0.29) is 16.1 Å². The van der Waals surface area contributed by atoms with Crippen LogP contribution in [0.15, 0.2) is 47.6 Å². The summed E-state index contributed by atoms with van der Waals surface area (Å²) in [5.74, 6) is 0.309. The summed E-state index contributed by atoms with van der Waals surface area (Å²) >= 11 is 0. The summed E-state index contributed by atoms with van der Waals surface area (Å²) in [5, 5.41) is 2.78. The molecule has 0 saturated heterocycles. The molecular weight excluding hydrogens is 354 g/mol. The summed E-state index contributed by atoms with van der Waals surface area (Å²) in [4.78, 5) is 16.3. The molecule has 1 aromatic carbocycles. The maximum absolute atomic E-state index is 12.8. The molecule has 2 rings (SSSR count). The van der Waals surface area contributed by atoms with Gasteiger partial charge in [0, 0.05) is 12.6 Å². The predicted molar refractivity (Wildman–Crippen MR) is 99.8 cm³/mol. The number of carbonyl (C=O) groups excluding carboxylic acids is 1. The average Bonchev–Trinajstić information content (AvgIpc) is 2.65. The smallest absolute Gasteiger partial charge is 0.262 e. The van der Waals surface area contributed by atoms with Crippen LogP contribution in [0, 0.1) is 5.92 Å². The minimum Gasteiger partial charge on any atom is -0.495 e. The van der Waals surface area contributed by atoms with Gasteiger partial charge in [-0.25, -0.2) is 8.42 Å². The minimum absolute atomic E-state index is 0.0931. The third-order valence-corrected chi connectivity index (χ3v) is 5.37. The topological polar surface area (TPSA) is 97.4 Å². The summed E-state index contributed by atoms with van der Waals surface area (Å²) in [5.41, 5.74) is 0.346. The van der Waals surface area contributed by atoms with E-state index in [1.54, 1.807) is 12.1 Å². The van der Waals surface area contributed by atoms with E-state index in [0.29, 0.717) is 18.2 Å². The molecule has 0 saturated carbocycles. The molecule has 1 unspecified atom stereocenters. The molecule has 1 heterocycles. The molecule has 7 nitrogen and oxygen atoms in total. The normalized spacial score (nSPS) is 12.3. The van der Waals surface area contributed by atoms with Crippen LogP contribution >= 0.6 is 0 Å². The van der Waals surface area contributed by atoms with E-state index in [4.69, 9.17) is 4.74 Å². The van der Waals surface area contributed by atoms with Gasteiger partial charge in [0.15, 0.2) is 0 Å². The van der Waals surface area contributed by atoms with Gasteiger partial charge in [-0.3, -0.25) is 14.5 Å². The minimum atomic E-state index is -3.96. The van der Waals surface area contributed by atoms with Crippen molar-refractivity contribution in [2.45, 2.75) is 25.2 Å². The van der Waals surface area contributed by atoms with Crippen molar-refractivity contribution in [1.82, 2.24) is 10.3 Å². The number of methoxy groups -OCH3 is 1. The van der Waals surface area contributed by atoms with Gasteiger partial charge in [0.2, 0.25) is 0 Å². The van der Waals surface area contributed by atoms with Gasteiger partial charge in [-0.1, -0.05) is 32.4 Å². The van der Waals surface area contributed by atoms with Crippen LogP contribution in [0.1, 0.15) is 30.6 Å². The number of anilines is 1. The van der Waals surface area contributed by atoms with Crippen LogP contribution in [-0.4, -0.2) is 33.0 Å². The Hall–Kier alpha value is -2.61. The molecule has 0 radical (unpaired) electrons. The van der Waals surface area contributed by atoms with Gasteiger partial charge in [-0.2, -0.15) is 0 Å². The first-order valence-corrected chi connectivity index (χ1v) is 9.74. The molecule has 1 atom stereocenters. The molecule has 8 heteroatoms. The fraction of sp³-hybridized carbons (Fsp3) is 0.333. The number of pyridine rings is 1. The predicted octanol–water partition coefficient (Wildman–Crippen LogP) is 2.67. The molecule has 1 aromatic heterocycles. The number of nitrogens with one attached hydrogen (secondary N) is 2. The van der Waals surface area contributed by atoms with Gasteiger partial charge in [0.25, 0.3) is 15.9 Å². The van der Waals surface area contributed by atoms with Crippen molar-refractivity contribution in [3.05, 3.63) is 48.3 Å². The van der Waals surface area contributed by atoms with E-state index in [9.17, 15) is 13.2 Å². The van der Waals surface area contributed by atoms with Crippen molar-refractivity contribution in [3.63, 3.8) is 0 Å². The molecular formula is C18H23N3O4S. The van der Waals surface area contributed by atoms with E-state index >= 15 is 0 Å². The van der Waals surface area contributed by atoms with E-state index in [1.807, 2.05) is 13.8 Å². The van der Waals surface area contributed by atoms with Crippen LogP contribution in [0.5, 0.6) is 5.75 Å². The third kappa shape index (κ3) is 4.95. The molecule has 0 fully saturated rings. The van der Waals surface area contributed by atoms with Gasteiger partial charge >= 0.3 is 0 Å². The first-order valence-electron chi connectivity index (χ1n) is 8.26. The molecule has 26 heavy (non-hydrogen) atoms. The Morgan fingerprint density at radius 3 is 2.69 bits per heavy atom. The lowest BCUT2D eigenvalue weighted by Gasteiger charge is -2.14. The van der Waals surface area contributed by atoms with Crippen molar-refractivity contribution in [3.8, 4) is 5.75 Å². The SMILES string of the molecule is CCC(C)CNC(=O)c1ccccc1S(=O)(=O)Nc1cncc(OC)c1. The first kappa shape index (κ1) is 19.7. The standard InChI is InChI=1S/C18H23N3O4S/c1-4-13(2)10-20-18(22)16-7-5-6-8-17(16)26(23,24)21-14-9-15(25-3)12-19-11-14/h5-9,11-13,21H,4,10H2,1-3H3,(H,20,22). The Balaban J connectivity index is 2.27. The van der Waals surface area contributed by atoms with Crippen LogP contribution in [0.25, 0.3) is 0 Å². The molecule has 0 spiro atoms. The van der Waals surface area contributed by atoms with Crippen LogP contribution in [-0.2, 0) is 10.0 Å². The fourth-order valence-corrected chi connectivity index (χ4v) is 3.43. The Morgan fingerprint density at radius 1 is 1.27 bits per heavy atom. The van der Waals surface area contributed by atoms with Crippen molar-refractivity contribution >= 4 is 21.6 Å². The van der Waals surface area contributed by atoms with Crippen molar-refractivity contribution in [2.24, 2.45) is 5.92 Å². The van der Waals surface area contributed by atoms with Crippen molar-refractivity contribution in [2.75, 3.05) is 18.4 Å². The fourth-order valence-electron chi connectivity index (χ4n) is 2.19. The van der Waals surface area contributed by atoms with Crippen LogP contribution in [0.4, 0.5) is 5.69 Å². The highest BCUT2D eigenvalue weighted by atomic mass is 32.2. The first-order chi connectivity index (χ1) is 12.4. The molecule has 0 aliphatic carbocycles. The zero-order chi connectivity index (χ0) is 19.2. The lowest BCUT2D eigenvalue weighted by atomic mass is 10.1. The molecule has 140 valence electrons. The Kier molecular flexibility index (Phi) is 6.57. The number of nitrogens with zero attached hydrogens (tertiary/aromatic N) is 1. The second kappa shape index (κ2) is 8.66. The van der Waals surface area contributed by atoms with Crippen LogP contribution in [0.3, 0.4) is 0 Å². The highest BCUT2D eigenvalue weighted by Crippen LogP contribution is 2.21. The quantitative estimate of drug-likeness (QED) is 0.737. The maximum atomic E-state index is 12.8. The zero-order valence-corrected chi connectivity index (χ0v) is 15.8. The number of ether oxygens (including phenoxy) is 1. The molecule has 0 bridgehead atoms. The Morgan fingerprint density at radius 2 is 2.00 bits per heavy atom. The second-order valence-electron chi connectivity index (χ2n) is 5.94. The van der Waals surface area contributed by atoms with E-state index < -0.39 is 15.9 Å². The molecule has 2 aromatic rings. The van der Waals surface area contributed by atoms with Gasteiger partial charge in [0.05, 0.1) is 30.8 Å². The maximum Gasteiger partial charge on any atom is 0.262 e. The third-order valence-electron chi connectivity index (χ3n) is 3.93. The van der Waals surface area contributed by atoms with Gasteiger partial charge in [-0.05, 0) is 18.1 Å². The van der Waals surface area contributed by atoms with E-state index in [2.05, 4.69) is 15.0 Å². The Bertz CT molecular complexity index is 868. The summed E-state index contributed by atoms with van der Waals surface area (Å²) in [6.45, 7) is 4.53. The number of hydrogen-bond acceptors (Lipinski definition) is 5. The van der Waals surface area contributed by atoms with Gasteiger partial charge < -0.3 is 10.1 Å². The van der Waals surface area contributed by atoms with Crippen LogP contribution in [0.2, 0.25) is 0 Å². The lowest BCUT2D eigenvalue weighted by molar-refractivity contribution is 0.0944. The number of rotatable bonds is 8. The summed E-state index contributed by atoms with van der Waals surface area (Å²) < 4.78 is 33.0. The van der Waals surface area contributed by atoms with E-state index in [1.165, 1.54) is 37.7 Å². The molecule has 1 amide bonds. The molecule has 0 aliphatic heterocycles. The summed E-state index contributed by atoms with van der Waals surface area (Å²) in [6.07, 6.45) is 3.75. The number of amides is 1.